The highest BCUT2D eigenvalue weighted by Crippen LogP contribution is 2.16. The Bertz CT molecular complexity index is 461. The molecule has 1 heterocycles. The van der Waals surface area contributed by atoms with Crippen molar-refractivity contribution in [3.05, 3.63) is 0 Å². The second-order valence-corrected chi connectivity index (χ2v) is 12.0. The molecule has 1 N–H and O–H groups in total. The molecule has 1 aliphatic rings. The third kappa shape index (κ3) is 24.2. The number of ether oxygens (including phenoxy) is 1. The zero-order valence-corrected chi connectivity index (χ0v) is 25.3. The van der Waals surface area contributed by atoms with Crippen LogP contribution in [0.4, 0.5) is 0 Å². The van der Waals surface area contributed by atoms with Gasteiger partial charge in [0.1, 0.15) is 6.04 Å². The first kappa shape index (κ1) is 34.5. The highest BCUT2D eigenvalue weighted by atomic mass is 16.5. The molecular weight excluding hydrogens is 454 g/mol. The van der Waals surface area contributed by atoms with Crippen molar-refractivity contribution in [3.8, 4) is 0 Å². The Morgan fingerprint density at radius 1 is 0.541 bits per heavy atom. The zero-order valence-electron chi connectivity index (χ0n) is 25.3. The normalized spacial score (nSPS) is 15.8. The summed E-state index contributed by atoms with van der Waals surface area (Å²) in [7, 11) is 0. The minimum Gasteiger partial charge on any atom is -0.465 e. The minimum absolute atomic E-state index is 0.0284. The fourth-order valence-electron chi connectivity index (χ4n) is 5.74. The van der Waals surface area contributed by atoms with E-state index in [9.17, 15) is 4.79 Å². The van der Waals surface area contributed by atoms with Crippen LogP contribution in [-0.4, -0.2) is 25.2 Å². The summed E-state index contributed by atoms with van der Waals surface area (Å²) in [5.41, 5.74) is 0. The van der Waals surface area contributed by atoms with Gasteiger partial charge in [-0.3, -0.25) is 4.79 Å². The van der Waals surface area contributed by atoms with Crippen LogP contribution < -0.4 is 5.32 Å². The fourth-order valence-corrected chi connectivity index (χ4v) is 5.74. The molecule has 0 aromatic heterocycles. The van der Waals surface area contributed by atoms with Crippen LogP contribution in [0.1, 0.15) is 193 Å². The summed E-state index contributed by atoms with van der Waals surface area (Å²) in [5, 5.41) is 3.27. The molecule has 37 heavy (non-hydrogen) atoms. The van der Waals surface area contributed by atoms with Gasteiger partial charge in [0.2, 0.25) is 0 Å². The Morgan fingerprint density at radius 2 is 0.892 bits per heavy atom. The van der Waals surface area contributed by atoms with Crippen molar-refractivity contribution in [1.82, 2.24) is 5.32 Å². The van der Waals surface area contributed by atoms with Crippen molar-refractivity contribution in [3.63, 3.8) is 0 Å². The van der Waals surface area contributed by atoms with E-state index in [0.717, 1.165) is 25.8 Å². The Labute approximate surface area is 233 Å². The summed E-state index contributed by atoms with van der Waals surface area (Å²) in [6.45, 7) is 3.87. The summed E-state index contributed by atoms with van der Waals surface area (Å²) in [5.74, 6) is -0.0284. The van der Waals surface area contributed by atoms with Crippen molar-refractivity contribution >= 4 is 5.97 Å². The van der Waals surface area contributed by atoms with Crippen LogP contribution in [0.15, 0.2) is 0 Å². The summed E-state index contributed by atoms with van der Waals surface area (Å²) in [4.78, 5) is 12.0. The lowest BCUT2D eigenvalue weighted by Crippen LogP contribution is -2.41. The molecule has 0 aromatic rings. The van der Waals surface area contributed by atoms with Crippen molar-refractivity contribution in [1.29, 1.82) is 0 Å². The van der Waals surface area contributed by atoms with Crippen LogP contribution in [-0.2, 0) is 9.53 Å². The minimum atomic E-state index is -0.0437. The maximum absolute atomic E-state index is 12.0. The van der Waals surface area contributed by atoms with E-state index in [1.54, 1.807) is 0 Å². The lowest BCUT2D eigenvalue weighted by Gasteiger charge is -2.21. The molecule has 1 fully saturated rings. The van der Waals surface area contributed by atoms with E-state index in [0.29, 0.717) is 6.61 Å². The predicted octanol–water partition coefficient (Wildman–Crippen LogP) is 10.8. The van der Waals surface area contributed by atoms with E-state index in [1.807, 2.05) is 0 Å². The van der Waals surface area contributed by atoms with Gasteiger partial charge < -0.3 is 10.1 Å². The maximum Gasteiger partial charge on any atom is 0.323 e. The van der Waals surface area contributed by atoms with Gasteiger partial charge in [-0.15, -0.1) is 0 Å². The smallest absolute Gasteiger partial charge is 0.323 e. The van der Waals surface area contributed by atoms with Gasteiger partial charge >= 0.3 is 5.97 Å². The highest BCUT2D eigenvalue weighted by molar-refractivity contribution is 5.75. The number of piperidine rings is 1. The third-order valence-electron chi connectivity index (χ3n) is 8.34. The van der Waals surface area contributed by atoms with Crippen molar-refractivity contribution < 1.29 is 9.53 Å². The Balaban J connectivity index is 1.64. The molecule has 1 unspecified atom stereocenters. The standard InChI is InChI=1S/C34H67NO2/c1-2-3-4-5-6-7-8-9-10-11-12-13-14-15-16-17-18-19-20-21-22-23-24-25-26-29-32-37-34(36)33-30-27-28-31-35-33/h33,35H,2-32H2,1H3. The van der Waals surface area contributed by atoms with Crippen molar-refractivity contribution in [2.24, 2.45) is 0 Å². The maximum atomic E-state index is 12.0. The molecule has 0 amide bonds. The van der Waals surface area contributed by atoms with E-state index < -0.39 is 0 Å². The molecule has 3 heteroatoms. The molecule has 0 radical (unpaired) electrons. The molecule has 220 valence electrons. The van der Waals surface area contributed by atoms with E-state index in [-0.39, 0.29) is 12.0 Å². The van der Waals surface area contributed by atoms with Gasteiger partial charge in [-0.1, -0.05) is 174 Å². The van der Waals surface area contributed by atoms with Gasteiger partial charge in [0.15, 0.2) is 0 Å². The molecule has 0 aliphatic carbocycles. The van der Waals surface area contributed by atoms with Crippen LogP contribution in [0.3, 0.4) is 0 Å². The molecule has 1 atom stereocenters. The van der Waals surface area contributed by atoms with Crippen LogP contribution in [0, 0.1) is 0 Å². The number of carbonyl (C=O) groups is 1. The van der Waals surface area contributed by atoms with E-state index in [1.165, 1.54) is 167 Å². The first-order chi connectivity index (χ1) is 18.3. The molecule has 0 bridgehead atoms. The topological polar surface area (TPSA) is 38.3 Å². The third-order valence-corrected chi connectivity index (χ3v) is 8.34. The number of unbranched alkanes of at least 4 members (excludes halogenated alkanes) is 25. The van der Waals surface area contributed by atoms with Gasteiger partial charge in [0, 0.05) is 0 Å². The van der Waals surface area contributed by atoms with Crippen LogP contribution in [0.25, 0.3) is 0 Å². The Morgan fingerprint density at radius 3 is 1.22 bits per heavy atom. The lowest BCUT2D eigenvalue weighted by molar-refractivity contribution is -0.146. The van der Waals surface area contributed by atoms with Gasteiger partial charge in [-0.05, 0) is 25.8 Å². The van der Waals surface area contributed by atoms with E-state index in [4.69, 9.17) is 4.74 Å². The molecule has 1 rings (SSSR count). The number of hydrogen-bond donors (Lipinski definition) is 1. The average molecular weight is 522 g/mol. The predicted molar refractivity (Wildman–Crippen MR) is 162 cm³/mol. The largest absolute Gasteiger partial charge is 0.465 e. The molecule has 1 aliphatic heterocycles. The highest BCUT2D eigenvalue weighted by Gasteiger charge is 2.21. The lowest BCUT2D eigenvalue weighted by atomic mass is 10.0. The summed E-state index contributed by atoms with van der Waals surface area (Å²) < 4.78 is 5.43. The number of hydrogen-bond acceptors (Lipinski definition) is 3. The number of nitrogens with one attached hydrogen (secondary N) is 1. The first-order valence-corrected chi connectivity index (χ1v) is 17.2. The molecule has 3 nitrogen and oxygen atoms in total. The van der Waals surface area contributed by atoms with Crippen molar-refractivity contribution in [2.45, 2.75) is 199 Å². The monoisotopic (exact) mass is 522 g/mol. The molecule has 1 saturated heterocycles. The molecule has 0 spiro atoms. The summed E-state index contributed by atoms with van der Waals surface area (Å²) in [6.07, 6.45) is 40.1. The van der Waals surface area contributed by atoms with Gasteiger partial charge in [-0.2, -0.15) is 0 Å². The van der Waals surface area contributed by atoms with Crippen molar-refractivity contribution in [2.75, 3.05) is 13.2 Å². The van der Waals surface area contributed by atoms with Gasteiger partial charge in [0.25, 0.3) is 0 Å². The molecule has 0 saturated carbocycles. The SMILES string of the molecule is CCCCCCCCCCCCCCCCCCCCCCCCCCCCOC(=O)C1CCCCN1. The average Bonchev–Trinajstić information content (AvgIpc) is 2.93. The first-order valence-electron chi connectivity index (χ1n) is 17.2. The second-order valence-electron chi connectivity index (χ2n) is 12.0. The Hall–Kier alpha value is -0.570. The molecular formula is C34H67NO2. The van der Waals surface area contributed by atoms with E-state index in [2.05, 4.69) is 12.2 Å². The number of esters is 1. The number of rotatable bonds is 28. The summed E-state index contributed by atoms with van der Waals surface area (Å²) >= 11 is 0. The summed E-state index contributed by atoms with van der Waals surface area (Å²) in [6, 6.07) is -0.0437. The quantitative estimate of drug-likeness (QED) is 0.0821. The number of carbonyl (C=O) groups excluding carboxylic acids is 1. The Kier molecular flexibility index (Phi) is 26.5. The van der Waals surface area contributed by atoms with Gasteiger partial charge in [-0.25, -0.2) is 0 Å². The second kappa shape index (κ2) is 28.4. The van der Waals surface area contributed by atoms with Crippen LogP contribution in [0.2, 0.25) is 0 Å². The van der Waals surface area contributed by atoms with Crippen LogP contribution in [0.5, 0.6) is 0 Å². The molecule has 0 aromatic carbocycles. The van der Waals surface area contributed by atoms with Gasteiger partial charge in [0.05, 0.1) is 6.61 Å². The fraction of sp³-hybridized carbons (Fsp3) is 0.971. The van der Waals surface area contributed by atoms with E-state index >= 15 is 0 Å². The zero-order chi connectivity index (χ0) is 26.5. The van der Waals surface area contributed by atoms with Crippen LogP contribution >= 0.6 is 0 Å².